The quantitative estimate of drug-likeness (QED) is 0.0342. The molecular formula is C72H78N16O6+8. The van der Waals surface area contributed by atoms with E-state index >= 15 is 0 Å². The summed E-state index contributed by atoms with van der Waals surface area (Å²) in [5.41, 5.74) is 10.1. The van der Waals surface area contributed by atoms with Crippen LogP contribution in [0.3, 0.4) is 0 Å². The van der Waals surface area contributed by atoms with Crippen molar-refractivity contribution in [3.63, 3.8) is 0 Å². The average molecular weight is 1260 g/mol. The number of aryl methyl sites for hydroxylation is 4. The van der Waals surface area contributed by atoms with Crippen LogP contribution in [0.1, 0.15) is 24.0 Å². The summed E-state index contributed by atoms with van der Waals surface area (Å²) in [5, 5.41) is 46.9. The number of amides is 3. The van der Waals surface area contributed by atoms with Crippen molar-refractivity contribution in [2.24, 2.45) is 38.2 Å². The molecule has 94 heavy (non-hydrogen) atoms. The minimum Gasteiger partial charge on any atom is -0.648 e. The fraction of sp³-hybridized carbons (Fsp3) is 0.222. The van der Waals surface area contributed by atoms with Crippen molar-refractivity contribution in [2.45, 2.75) is 51.1 Å². The minimum absolute atomic E-state index is 0.0996. The molecule has 0 aromatic carbocycles. The first kappa shape index (κ1) is 65.3. The number of hydrogen-bond acceptors (Lipinski definition) is 5. The Morgan fingerprint density at radius 2 is 0.681 bits per heavy atom. The number of nitrogens with zero attached hydrogens (tertiary/aromatic N) is 13. The lowest BCUT2D eigenvalue weighted by Gasteiger charge is -2.25. The fourth-order valence-corrected chi connectivity index (χ4v) is 10.1. The lowest BCUT2D eigenvalue weighted by atomic mass is 10.1. The Bertz CT molecular complexity index is 4250. The van der Waals surface area contributed by atoms with E-state index in [0.29, 0.717) is 44.1 Å². The Hall–Kier alpha value is -11.7. The van der Waals surface area contributed by atoms with Gasteiger partial charge in [0.1, 0.15) is 59.9 Å². The zero-order valence-electron chi connectivity index (χ0n) is 53.0. The Kier molecular flexibility index (Phi) is 22.1. The van der Waals surface area contributed by atoms with E-state index in [1.807, 2.05) is 261 Å². The highest BCUT2D eigenvalue weighted by molar-refractivity contribution is 6.02. The number of aliphatic hydroxyl groups excluding tert-OH is 3. The monoisotopic (exact) mass is 1260 g/mol. The van der Waals surface area contributed by atoms with Crippen LogP contribution in [0.4, 0.5) is 0 Å². The van der Waals surface area contributed by atoms with Gasteiger partial charge in [0, 0.05) is 116 Å². The van der Waals surface area contributed by atoms with Crippen LogP contribution in [0.5, 0.6) is 0 Å². The molecule has 10 aromatic rings. The first-order valence-electron chi connectivity index (χ1n) is 30.9. The molecule has 474 valence electrons. The highest BCUT2D eigenvalue weighted by atomic mass is 16.3. The molecule has 0 aliphatic carbocycles. The van der Waals surface area contributed by atoms with Crippen LogP contribution in [-0.2, 0) is 68.8 Å². The van der Waals surface area contributed by atoms with Crippen LogP contribution in [0.2, 0.25) is 0 Å². The lowest BCUT2D eigenvalue weighted by Crippen LogP contribution is -2.75. The van der Waals surface area contributed by atoms with E-state index in [9.17, 15) is 29.7 Å². The van der Waals surface area contributed by atoms with Crippen molar-refractivity contribution in [2.75, 3.05) is 26.2 Å². The average Bonchev–Trinajstić information content (AvgIpc) is 1.49. The van der Waals surface area contributed by atoms with Crippen molar-refractivity contribution >= 4 is 35.4 Å². The van der Waals surface area contributed by atoms with Gasteiger partial charge in [-0.05, 0) is 56.6 Å². The summed E-state index contributed by atoms with van der Waals surface area (Å²) in [5.74, 6) is -3.00. The normalized spacial score (nSPS) is 12.4. The summed E-state index contributed by atoms with van der Waals surface area (Å²) in [4.78, 5) is 59.2. The number of carbonyl (C=O) groups excluding carboxylic acids is 3. The molecule has 10 aromatic heterocycles. The molecule has 10 heterocycles. The van der Waals surface area contributed by atoms with E-state index < -0.39 is 48.0 Å². The molecule has 3 amide bonds. The zero-order chi connectivity index (χ0) is 65.8. The smallest absolute Gasteiger partial charge is 0.335 e. The summed E-state index contributed by atoms with van der Waals surface area (Å²) in [6.07, 6.45) is 33.7. The molecule has 0 radical (unpaired) electrons. The Balaban J connectivity index is 0.787. The Morgan fingerprint density at radius 1 is 0.394 bits per heavy atom. The molecule has 22 nitrogen and oxygen atoms in total. The third kappa shape index (κ3) is 18.7. The van der Waals surface area contributed by atoms with E-state index in [-0.39, 0.29) is 43.1 Å². The van der Waals surface area contributed by atoms with Crippen LogP contribution >= 0.6 is 0 Å². The van der Waals surface area contributed by atoms with Crippen LogP contribution < -0.4 is 51.5 Å². The first-order valence-corrected chi connectivity index (χ1v) is 30.9. The SMILES string of the molecule is C[n+]1ccc(-c2cc[n+](CC[N-]C(=O)C[C@H](N=C(O)c3ccc(-c4ccc(C(O)=N[C@@H](CC(O)=[NH+]CC[n+]5ccc(-c6cc[n+](C)cc6)cc5)C(=O)[N-]CC[n+]5ccc(-c6cc[n+](C)cc6)cc5)c[nH+]4)[nH+]c3)C(=O)[N-]CC[n+]3ccc(-c4cc[n+](C)cc4)cc3)cc2)cc1. The molecule has 6 N–H and O–H groups in total. The number of aliphatic imine (C=N–C) groups is 2. The minimum atomic E-state index is -1.36. The van der Waals surface area contributed by atoms with Gasteiger partial charge in [0.2, 0.25) is 24.9 Å². The van der Waals surface area contributed by atoms with E-state index in [0.717, 1.165) is 44.5 Å². The van der Waals surface area contributed by atoms with Gasteiger partial charge in [-0.2, -0.15) is 4.57 Å². The number of aliphatic hydroxyl groups is 3. The maximum absolute atomic E-state index is 13.9. The van der Waals surface area contributed by atoms with Gasteiger partial charge >= 0.3 is 5.90 Å². The van der Waals surface area contributed by atoms with Crippen molar-refractivity contribution < 1.29 is 81.2 Å². The molecule has 0 spiro atoms. The number of nitrogens with one attached hydrogen (secondary N) is 3. The molecule has 10 rings (SSSR count). The van der Waals surface area contributed by atoms with Crippen molar-refractivity contribution in [1.29, 1.82) is 0 Å². The van der Waals surface area contributed by atoms with E-state index in [1.54, 1.807) is 24.3 Å². The summed E-state index contributed by atoms with van der Waals surface area (Å²) in [6.45, 7) is 2.43. The third-order valence-corrected chi connectivity index (χ3v) is 15.7. The summed E-state index contributed by atoms with van der Waals surface area (Å²) < 4.78 is 15.6. The van der Waals surface area contributed by atoms with E-state index in [2.05, 4.69) is 40.9 Å². The van der Waals surface area contributed by atoms with Gasteiger partial charge in [0.05, 0.1) is 35.3 Å². The predicted molar refractivity (Wildman–Crippen MR) is 346 cm³/mol. The van der Waals surface area contributed by atoms with Gasteiger partial charge in [-0.3, -0.25) is 0 Å². The maximum Gasteiger partial charge on any atom is 0.335 e. The van der Waals surface area contributed by atoms with Crippen LogP contribution in [0.25, 0.3) is 71.8 Å². The number of pyridine rings is 10. The van der Waals surface area contributed by atoms with E-state index in [4.69, 9.17) is 0 Å². The van der Waals surface area contributed by atoms with Gasteiger partial charge in [0.25, 0.3) is 11.4 Å². The van der Waals surface area contributed by atoms with Gasteiger partial charge < -0.3 is 45.7 Å². The van der Waals surface area contributed by atoms with Gasteiger partial charge in [-0.1, -0.05) is 19.6 Å². The van der Waals surface area contributed by atoms with Crippen molar-refractivity contribution in [3.05, 3.63) is 260 Å². The van der Waals surface area contributed by atoms with Crippen LogP contribution in [-0.4, -0.2) is 89.0 Å². The number of rotatable bonds is 27. The second-order valence-electron chi connectivity index (χ2n) is 22.7. The zero-order valence-corrected chi connectivity index (χ0v) is 53.0. The number of carbonyl (C=O) groups is 3. The van der Waals surface area contributed by atoms with Crippen molar-refractivity contribution in [1.82, 2.24) is 0 Å². The molecule has 22 heteroatoms. The molecule has 0 fully saturated rings. The highest BCUT2D eigenvalue weighted by Gasteiger charge is 2.23. The third-order valence-electron chi connectivity index (χ3n) is 15.7. The molecule has 0 unspecified atom stereocenters. The van der Waals surface area contributed by atoms with Gasteiger partial charge in [-0.15, -0.1) is 0 Å². The molecule has 0 saturated heterocycles. The Labute approximate surface area is 545 Å². The Morgan fingerprint density at radius 3 is 0.989 bits per heavy atom. The fourth-order valence-electron chi connectivity index (χ4n) is 10.1. The summed E-state index contributed by atoms with van der Waals surface area (Å²) in [7, 11) is 7.86. The van der Waals surface area contributed by atoms with Crippen molar-refractivity contribution in [3.8, 4) is 55.9 Å². The summed E-state index contributed by atoms with van der Waals surface area (Å²) >= 11 is 0. The molecule has 0 saturated carbocycles. The molecule has 0 aliphatic rings. The second-order valence-corrected chi connectivity index (χ2v) is 22.7. The lowest BCUT2D eigenvalue weighted by molar-refractivity contribution is -0.718. The largest absolute Gasteiger partial charge is 0.648 e. The molecule has 0 bridgehead atoms. The van der Waals surface area contributed by atoms with Crippen LogP contribution in [0.15, 0.2) is 243 Å². The first-order chi connectivity index (χ1) is 45.6. The number of aromatic amines is 2. The predicted octanol–water partition coefficient (Wildman–Crippen LogP) is 2.76. The van der Waals surface area contributed by atoms with E-state index in [1.165, 1.54) is 12.4 Å². The topological polar surface area (TPSA) is 252 Å². The van der Waals surface area contributed by atoms with Crippen LogP contribution in [0, 0.1) is 0 Å². The van der Waals surface area contributed by atoms with Gasteiger partial charge in [-0.25, -0.2) is 56.9 Å². The number of aromatic nitrogens is 10. The summed E-state index contributed by atoms with van der Waals surface area (Å²) in [6, 6.07) is 36.3. The molecule has 2 atom stereocenters. The number of hydrogen-bond donors (Lipinski definition) is 4. The maximum atomic E-state index is 13.9. The van der Waals surface area contributed by atoms with Gasteiger partial charge in [0.15, 0.2) is 112 Å². The number of H-pyrrole nitrogens is 2. The molecular weight excluding hydrogens is 1180 g/mol. The standard InChI is InChI=1S/C72H72N16O6/c1-81-29-9-53(10-30-81)57-17-37-85(38-18-57)45-25-73-67(89)49-65(71(93)75-27-47-87-41-21-59(22-42-87)55-13-33-83(3)34-14-55)79-69(91)61-5-7-63(77-51-61)64-8-6-62(52-78-64)70(92)80-66(72(94)76-28-48-88-43-23-60(24-44-88)56-15-35-84(4)36-16-56)50-68(90)74-26-46-86-39-19-58(20-40-86)54-11-31-82(2)32-12-54/h5-24,29-44,51-52,65-66H,25-28,45-50H2,1-4H3/q+2/p+6/t65-,66-/m0/s1. The second kappa shape index (κ2) is 31.9. The highest BCUT2D eigenvalue weighted by Crippen LogP contribution is 2.20. The molecule has 0 aliphatic heterocycles.